The number of nitrogens with one attached hydrogen (secondary N) is 2. The molecule has 0 radical (unpaired) electrons. The molecule has 9 heteroatoms. The van der Waals surface area contributed by atoms with E-state index < -0.39 is 10.0 Å². The number of hydrogen-bond donors (Lipinski definition) is 2. The highest BCUT2D eigenvalue weighted by Gasteiger charge is 2.26. The number of hydrogen-bond acceptors (Lipinski definition) is 5. The predicted octanol–water partition coefficient (Wildman–Crippen LogP) is 2.92. The van der Waals surface area contributed by atoms with Crippen LogP contribution in [-0.2, 0) is 14.8 Å². The third kappa shape index (κ3) is 4.99. The lowest BCUT2D eigenvalue weighted by atomic mass is 10.3. The number of rotatable bonds is 6. The van der Waals surface area contributed by atoms with Gasteiger partial charge in [0.25, 0.3) is 0 Å². The van der Waals surface area contributed by atoms with Gasteiger partial charge in [0.05, 0.1) is 30.4 Å². The number of nitrogens with zero attached hydrogens (tertiary/aromatic N) is 1. The van der Waals surface area contributed by atoms with Gasteiger partial charge in [0, 0.05) is 18.8 Å². The first-order chi connectivity index (χ1) is 13.5. The van der Waals surface area contributed by atoms with Gasteiger partial charge >= 0.3 is 0 Å². The lowest BCUT2D eigenvalue weighted by Crippen LogP contribution is -2.40. The second-order valence-electron chi connectivity index (χ2n) is 6.05. The van der Waals surface area contributed by atoms with Crippen LogP contribution in [0.25, 0.3) is 0 Å². The zero-order chi connectivity index (χ0) is 20.0. The van der Waals surface area contributed by atoms with Crippen molar-refractivity contribution in [2.45, 2.75) is 11.8 Å². The van der Waals surface area contributed by atoms with E-state index in [-0.39, 0.29) is 4.90 Å². The molecule has 150 valence electrons. The van der Waals surface area contributed by atoms with Crippen molar-refractivity contribution >= 4 is 38.7 Å². The van der Waals surface area contributed by atoms with E-state index in [0.717, 1.165) is 5.69 Å². The van der Waals surface area contributed by atoms with E-state index in [4.69, 9.17) is 21.7 Å². The Labute approximate surface area is 170 Å². The van der Waals surface area contributed by atoms with Crippen LogP contribution in [0.2, 0.25) is 0 Å². The Kier molecular flexibility index (Phi) is 6.84. The Hall–Kier alpha value is -2.20. The van der Waals surface area contributed by atoms with Gasteiger partial charge in [-0.25, -0.2) is 8.42 Å². The molecule has 28 heavy (non-hydrogen) atoms. The summed E-state index contributed by atoms with van der Waals surface area (Å²) in [5, 5.41) is 6.53. The Morgan fingerprint density at radius 2 is 1.79 bits per heavy atom. The van der Waals surface area contributed by atoms with Gasteiger partial charge in [-0.1, -0.05) is 12.1 Å². The van der Waals surface area contributed by atoms with Gasteiger partial charge in [0.2, 0.25) is 10.0 Å². The van der Waals surface area contributed by atoms with Crippen LogP contribution in [0.1, 0.15) is 6.92 Å². The van der Waals surface area contributed by atoms with Gasteiger partial charge < -0.3 is 20.1 Å². The summed E-state index contributed by atoms with van der Waals surface area (Å²) in [7, 11) is -3.51. The molecule has 0 bridgehead atoms. The minimum Gasteiger partial charge on any atom is -0.492 e. The van der Waals surface area contributed by atoms with Crippen LogP contribution >= 0.6 is 12.2 Å². The van der Waals surface area contributed by atoms with Crippen LogP contribution in [0.5, 0.6) is 5.75 Å². The molecule has 0 spiro atoms. The van der Waals surface area contributed by atoms with Gasteiger partial charge in [0.15, 0.2) is 5.11 Å². The molecule has 0 unspecified atom stereocenters. The summed E-state index contributed by atoms with van der Waals surface area (Å²) in [6.45, 7) is 4.05. The quantitative estimate of drug-likeness (QED) is 0.694. The van der Waals surface area contributed by atoms with Crippen molar-refractivity contribution < 1.29 is 17.9 Å². The van der Waals surface area contributed by atoms with Crippen LogP contribution < -0.4 is 15.4 Å². The van der Waals surface area contributed by atoms with Gasteiger partial charge in [-0.2, -0.15) is 4.31 Å². The fraction of sp³-hybridized carbons (Fsp3) is 0.316. The molecular formula is C19H23N3O4S2. The van der Waals surface area contributed by atoms with Crippen molar-refractivity contribution in [2.24, 2.45) is 0 Å². The molecule has 2 aromatic carbocycles. The average Bonchev–Trinajstić information content (AvgIpc) is 2.71. The molecule has 0 aliphatic carbocycles. The highest BCUT2D eigenvalue weighted by Crippen LogP contribution is 2.24. The smallest absolute Gasteiger partial charge is 0.243 e. The topological polar surface area (TPSA) is 79.9 Å². The minimum absolute atomic E-state index is 0.250. The molecule has 2 N–H and O–H groups in total. The molecule has 1 heterocycles. The number of ether oxygens (including phenoxy) is 2. The number of benzene rings is 2. The number of anilines is 2. The van der Waals surface area contributed by atoms with Gasteiger partial charge in [-0.15, -0.1) is 0 Å². The molecule has 0 amide bonds. The van der Waals surface area contributed by atoms with E-state index in [1.165, 1.54) is 4.31 Å². The van der Waals surface area contributed by atoms with Crippen molar-refractivity contribution in [3.63, 3.8) is 0 Å². The van der Waals surface area contributed by atoms with Crippen molar-refractivity contribution in [3.05, 3.63) is 48.5 Å². The molecule has 0 saturated carbocycles. The lowest BCUT2D eigenvalue weighted by Gasteiger charge is -2.26. The van der Waals surface area contributed by atoms with Crippen molar-refractivity contribution in [2.75, 3.05) is 43.5 Å². The molecule has 2 aromatic rings. The first kappa shape index (κ1) is 20.5. The second-order valence-corrected chi connectivity index (χ2v) is 8.40. The molecule has 0 atom stereocenters. The fourth-order valence-corrected chi connectivity index (χ4v) is 4.42. The van der Waals surface area contributed by atoms with E-state index >= 15 is 0 Å². The molecule has 0 aromatic heterocycles. The van der Waals surface area contributed by atoms with Crippen LogP contribution in [0.3, 0.4) is 0 Å². The van der Waals surface area contributed by atoms with E-state index in [9.17, 15) is 8.42 Å². The maximum absolute atomic E-state index is 12.7. The van der Waals surface area contributed by atoms with Gasteiger partial charge in [0.1, 0.15) is 5.75 Å². The fourth-order valence-electron chi connectivity index (χ4n) is 2.78. The maximum atomic E-state index is 12.7. The predicted molar refractivity (Wildman–Crippen MR) is 113 cm³/mol. The zero-order valence-electron chi connectivity index (χ0n) is 15.6. The summed E-state index contributed by atoms with van der Waals surface area (Å²) in [4.78, 5) is 0.250. The molecule has 3 rings (SSSR count). The Bertz CT molecular complexity index is 911. The summed E-state index contributed by atoms with van der Waals surface area (Å²) in [5.41, 5.74) is 1.45. The number of sulfonamides is 1. The Morgan fingerprint density at radius 1 is 1.11 bits per heavy atom. The normalized spacial score (nSPS) is 15.0. The number of morpholine rings is 1. The largest absolute Gasteiger partial charge is 0.492 e. The molecule has 1 aliphatic heterocycles. The van der Waals surface area contributed by atoms with Crippen LogP contribution in [-0.4, -0.2) is 50.7 Å². The average molecular weight is 422 g/mol. The molecule has 1 saturated heterocycles. The summed E-state index contributed by atoms with van der Waals surface area (Å²) < 4.78 is 37.5. The van der Waals surface area contributed by atoms with E-state index in [1.54, 1.807) is 24.3 Å². The molecule has 1 aliphatic rings. The standard InChI is InChI=1S/C19H23N3O4S2/c1-2-26-18-6-4-3-5-17(18)21-19(27)20-15-7-9-16(10-8-15)28(23,24)22-11-13-25-14-12-22/h3-10H,2,11-14H2,1H3,(H2,20,21,27). The Balaban J connectivity index is 1.65. The summed E-state index contributed by atoms with van der Waals surface area (Å²) in [6.07, 6.45) is 0. The first-order valence-corrected chi connectivity index (χ1v) is 10.8. The van der Waals surface area contributed by atoms with Gasteiger partial charge in [-0.05, 0) is 55.5 Å². The van der Waals surface area contributed by atoms with Crippen molar-refractivity contribution in [3.8, 4) is 5.75 Å². The van der Waals surface area contributed by atoms with E-state index in [0.29, 0.717) is 49.5 Å². The van der Waals surface area contributed by atoms with E-state index in [2.05, 4.69) is 10.6 Å². The highest BCUT2D eigenvalue weighted by atomic mass is 32.2. The summed E-state index contributed by atoms with van der Waals surface area (Å²) in [6, 6.07) is 14.0. The van der Waals surface area contributed by atoms with Crippen LogP contribution in [0, 0.1) is 0 Å². The van der Waals surface area contributed by atoms with E-state index in [1.807, 2.05) is 31.2 Å². The van der Waals surface area contributed by atoms with Crippen molar-refractivity contribution in [1.82, 2.24) is 4.31 Å². The minimum atomic E-state index is -3.51. The zero-order valence-corrected chi connectivity index (χ0v) is 17.2. The number of thiocarbonyl (C=S) groups is 1. The third-order valence-corrected chi connectivity index (χ3v) is 6.27. The third-order valence-electron chi connectivity index (χ3n) is 4.16. The molecule has 1 fully saturated rings. The summed E-state index contributed by atoms with van der Waals surface area (Å²) in [5.74, 6) is 0.709. The monoisotopic (exact) mass is 421 g/mol. The van der Waals surface area contributed by atoms with Crippen LogP contribution in [0.15, 0.2) is 53.4 Å². The maximum Gasteiger partial charge on any atom is 0.243 e. The van der Waals surface area contributed by atoms with Crippen LogP contribution in [0.4, 0.5) is 11.4 Å². The van der Waals surface area contributed by atoms with Crippen molar-refractivity contribution in [1.29, 1.82) is 0 Å². The summed E-state index contributed by atoms with van der Waals surface area (Å²) >= 11 is 5.35. The molecular weight excluding hydrogens is 398 g/mol. The molecule has 7 nitrogen and oxygen atoms in total. The number of para-hydroxylation sites is 2. The Morgan fingerprint density at radius 3 is 2.46 bits per heavy atom. The SMILES string of the molecule is CCOc1ccccc1NC(=S)Nc1ccc(S(=O)(=O)N2CCOCC2)cc1. The van der Waals surface area contributed by atoms with Gasteiger partial charge in [-0.3, -0.25) is 0 Å². The first-order valence-electron chi connectivity index (χ1n) is 8.98. The lowest BCUT2D eigenvalue weighted by molar-refractivity contribution is 0.0730. The second kappa shape index (κ2) is 9.33. The highest BCUT2D eigenvalue weighted by molar-refractivity contribution is 7.89.